The second-order valence-corrected chi connectivity index (χ2v) is 8.10. The molecule has 3 aromatic carbocycles. The van der Waals surface area contributed by atoms with Gasteiger partial charge in [-0.1, -0.05) is 42.5 Å². The Hall–Kier alpha value is -4.33. The standard InChI is InChI=1S/C26H27N5O3/c32-24(19-9-8-16-31(18-19)26(34)30-21-12-5-2-6-13-21)27-22-14-7-15-23(17-22)29-25(33)28-20-10-3-1-4-11-20/h1-7,10-15,17,19H,8-9,16,18H2,(H,27,32)(H,30,34)(H2,28,29,33)/t19-/m1/s1. The first-order valence-corrected chi connectivity index (χ1v) is 11.2. The molecule has 34 heavy (non-hydrogen) atoms. The predicted octanol–water partition coefficient (Wildman–Crippen LogP) is 5.21. The molecule has 3 aromatic rings. The van der Waals surface area contributed by atoms with Gasteiger partial charge in [0.25, 0.3) is 0 Å². The highest BCUT2D eigenvalue weighted by atomic mass is 16.2. The molecule has 0 unspecified atom stereocenters. The number of carbonyl (C=O) groups is 3. The SMILES string of the molecule is O=C(Nc1ccccc1)Nc1cccc(NC(=O)[C@@H]2CCCN(C(=O)Nc3ccccc3)C2)c1. The van der Waals surface area contributed by atoms with E-state index in [1.165, 1.54) is 0 Å². The van der Waals surface area contributed by atoms with Crippen molar-refractivity contribution in [1.29, 1.82) is 0 Å². The summed E-state index contributed by atoms with van der Waals surface area (Å²) in [5, 5.41) is 11.3. The summed E-state index contributed by atoms with van der Waals surface area (Å²) in [6.45, 7) is 0.959. The van der Waals surface area contributed by atoms with Crippen LogP contribution in [0.2, 0.25) is 0 Å². The molecule has 1 aliphatic heterocycles. The van der Waals surface area contributed by atoms with Crippen LogP contribution in [0.1, 0.15) is 12.8 Å². The Balaban J connectivity index is 1.31. The van der Waals surface area contributed by atoms with E-state index in [1.807, 2.05) is 48.5 Å². The molecule has 4 rings (SSSR count). The summed E-state index contributed by atoms with van der Waals surface area (Å²) in [4.78, 5) is 39.4. The summed E-state index contributed by atoms with van der Waals surface area (Å²) in [6.07, 6.45) is 1.46. The molecule has 4 N–H and O–H groups in total. The van der Waals surface area contributed by atoms with E-state index in [1.54, 1.807) is 41.3 Å². The van der Waals surface area contributed by atoms with Crippen molar-refractivity contribution in [2.75, 3.05) is 34.4 Å². The number of nitrogens with zero attached hydrogens (tertiary/aromatic N) is 1. The molecule has 0 aliphatic carbocycles. The Morgan fingerprint density at radius 2 is 1.24 bits per heavy atom. The van der Waals surface area contributed by atoms with Crippen LogP contribution in [0, 0.1) is 5.92 Å². The highest BCUT2D eigenvalue weighted by Gasteiger charge is 2.28. The van der Waals surface area contributed by atoms with Crippen molar-refractivity contribution in [3.63, 3.8) is 0 Å². The second-order valence-electron chi connectivity index (χ2n) is 8.10. The van der Waals surface area contributed by atoms with Crippen LogP contribution < -0.4 is 21.3 Å². The average molecular weight is 458 g/mol. The molecule has 174 valence electrons. The van der Waals surface area contributed by atoms with Crippen molar-refractivity contribution in [2.45, 2.75) is 12.8 Å². The van der Waals surface area contributed by atoms with Crippen molar-refractivity contribution in [3.8, 4) is 0 Å². The first kappa shape index (κ1) is 22.8. The fraction of sp³-hybridized carbons (Fsp3) is 0.192. The Kier molecular flexibility index (Phi) is 7.39. The molecule has 1 saturated heterocycles. The van der Waals surface area contributed by atoms with E-state index in [-0.39, 0.29) is 23.9 Å². The molecule has 8 nitrogen and oxygen atoms in total. The van der Waals surface area contributed by atoms with E-state index in [0.29, 0.717) is 36.6 Å². The summed E-state index contributed by atoms with van der Waals surface area (Å²) in [7, 11) is 0. The lowest BCUT2D eigenvalue weighted by Crippen LogP contribution is -2.45. The molecule has 0 radical (unpaired) electrons. The maximum Gasteiger partial charge on any atom is 0.323 e. The number of hydrogen-bond donors (Lipinski definition) is 4. The lowest BCUT2D eigenvalue weighted by atomic mass is 9.97. The molecule has 0 bridgehead atoms. The van der Waals surface area contributed by atoms with Crippen molar-refractivity contribution in [3.05, 3.63) is 84.9 Å². The quantitative estimate of drug-likeness (QED) is 0.423. The van der Waals surface area contributed by atoms with Gasteiger partial charge in [-0.2, -0.15) is 0 Å². The van der Waals surface area contributed by atoms with Gasteiger partial charge in [0, 0.05) is 35.8 Å². The molecular weight excluding hydrogens is 430 g/mol. The van der Waals surface area contributed by atoms with Gasteiger partial charge in [0.05, 0.1) is 5.92 Å². The van der Waals surface area contributed by atoms with Gasteiger partial charge in [0.2, 0.25) is 5.91 Å². The van der Waals surface area contributed by atoms with E-state index >= 15 is 0 Å². The van der Waals surface area contributed by atoms with Crippen LogP contribution in [-0.2, 0) is 4.79 Å². The number of hydrogen-bond acceptors (Lipinski definition) is 3. The molecular formula is C26H27N5O3. The Morgan fingerprint density at radius 3 is 1.91 bits per heavy atom. The van der Waals surface area contributed by atoms with E-state index in [0.717, 1.165) is 12.1 Å². The van der Waals surface area contributed by atoms with Crippen LogP contribution in [0.4, 0.5) is 32.3 Å². The smallest absolute Gasteiger partial charge is 0.323 e. The number of anilines is 4. The average Bonchev–Trinajstić information content (AvgIpc) is 2.85. The predicted molar refractivity (Wildman–Crippen MR) is 134 cm³/mol. The van der Waals surface area contributed by atoms with Gasteiger partial charge in [0.1, 0.15) is 0 Å². The van der Waals surface area contributed by atoms with Crippen molar-refractivity contribution >= 4 is 40.7 Å². The van der Waals surface area contributed by atoms with E-state index in [4.69, 9.17) is 0 Å². The molecule has 1 atom stereocenters. The highest BCUT2D eigenvalue weighted by molar-refractivity contribution is 6.00. The van der Waals surface area contributed by atoms with Crippen LogP contribution in [-0.4, -0.2) is 36.0 Å². The maximum atomic E-state index is 12.9. The van der Waals surface area contributed by atoms with Gasteiger partial charge >= 0.3 is 12.1 Å². The zero-order chi connectivity index (χ0) is 23.8. The summed E-state index contributed by atoms with van der Waals surface area (Å²) >= 11 is 0. The largest absolute Gasteiger partial charge is 0.326 e. The molecule has 8 heteroatoms. The fourth-order valence-corrected chi connectivity index (χ4v) is 3.83. The number of benzene rings is 3. The third-order valence-electron chi connectivity index (χ3n) is 5.52. The zero-order valence-corrected chi connectivity index (χ0v) is 18.7. The van der Waals surface area contributed by atoms with Crippen molar-refractivity contribution in [1.82, 2.24) is 4.90 Å². The van der Waals surface area contributed by atoms with Crippen molar-refractivity contribution < 1.29 is 14.4 Å². The third-order valence-corrected chi connectivity index (χ3v) is 5.52. The number of para-hydroxylation sites is 2. The maximum absolute atomic E-state index is 12.9. The molecule has 1 heterocycles. The van der Waals surface area contributed by atoms with Crippen LogP contribution >= 0.6 is 0 Å². The van der Waals surface area contributed by atoms with Crippen molar-refractivity contribution in [2.24, 2.45) is 5.92 Å². The van der Waals surface area contributed by atoms with E-state index in [2.05, 4.69) is 21.3 Å². The topological polar surface area (TPSA) is 103 Å². The van der Waals surface area contributed by atoms with Gasteiger partial charge in [-0.05, 0) is 55.3 Å². The Labute approximate surface area is 198 Å². The molecule has 1 aliphatic rings. The van der Waals surface area contributed by atoms with Gasteiger partial charge in [-0.3, -0.25) is 4.79 Å². The lowest BCUT2D eigenvalue weighted by molar-refractivity contribution is -0.121. The number of carbonyl (C=O) groups excluding carboxylic acids is 3. The third kappa shape index (κ3) is 6.35. The van der Waals surface area contributed by atoms with Gasteiger partial charge < -0.3 is 26.2 Å². The van der Waals surface area contributed by atoms with E-state index < -0.39 is 0 Å². The fourth-order valence-electron chi connectivity index (χ4n) is 3.83. The second kappa shape index (κ2) is 11.0. The molecule has 0 spiro atoms. The number of likely N-dealkylation sites (tertiary alicyclic amines) is 1. The minimum Gasteiger partial charge on any atom is -0.326 e. The van der Waals surface area contributed by atoms with Crippen LogP contribution in [0.25, 0.3) is 0 Å². The number of piperidine rings is 1. The minimum absolute atomic E-state index is 0.150. The zero-order valence-electron chi connectivity index (χ0n) is 18.7. The molecule has 0 aromatic heterocycles. The first-order chi connectivity index (χ1) is 16.6. The van der Waals surface area contributed by atoms with Gasteiger partial charge in [0.15, 0.2) is 0 Å². The Morgan fingerprint density at radius 1 is 0.676 bits per heavy atom. The summed E-state index contributed by atoms with van der Waals surface area (Å²) < 4.78 is 0. The van der Waals surface area contributed by atoms with Gasteiger partial charge in [-0.25, -0.2) is 9.59 Å². The minimum atomic E-state index is -0.373. The summed E-state index contributed by atoms with van der Waals surface area (Å²) in [5.41, 5.74) is 2.54. The van der Waals surface area contributed by atoms with Gasteiger partial charge in [-0.15, -0.1) is 0 Å². The lowest BCUT2D eigenvalue weighted by Gasteiger charge is -2.32. The molecule has 1 fully saturated rings. The van der Waals surface area contributed by atoms with Crippen LogP contribution in [0.5, 0.6) is 0 Å². The number of amides is 5. The summed E-state index contributed by atoms with van der Waals surface area (Å²) in [5.74, 6) is -0.462. The number of rotatable bonds is 5. The van der Waals surface area contributed by atoms with E-state index in [9.17, 15) is 14.4 Å². The first-order valence-electron chi connectivity index (χ1n) is 11.2. The highest BCUT2D eigenvalue weighted by Crippen LogP contribution is 2.21. The summed E-state index contributed by atoms with van der Waals surface area (Å²) in [6, 6.07) is 24.8. The molecule has 0 saturated carbocycles. The number of nitrogens with one attached hydrogen (secondary N) is 4. The van der Waals surface area contributed by atoms with Crippen LogP contribution in [0.3, 0.4) is 0 Å². The Bertz CT molecular complexity index is 1140. The normalized spacial score (nSPS) is 15.2. The molecule has 5 amide bonds. The number of urea groups is 2. The monoisotopic (exact) mass is 457 g/mol. The van der Waals surface area contributed by atoms with Crippen LogP contribution in [0.15, 0.2) is 84.9 Å².